The summed E-state index contributed by atoms with van der Waals surface area (Å²) in [5, 5.41) is 0. The Bertz CT molecular complexity index is 775. The molecule has 0 N–H and O–H groups in total. The molecule has 2 fully saturated rings. The number of sulfonamides is 1. The molecule has 4 nitrogen and oxygen atoms in total. The van der Waals surface area contributed by atoms with Crippen LogP contribution in [0.25, 0.3) is 0 Å². The summed E-state index contributed by atoms with van der Waals surface area (Å²) in [4.78, 5) is 0. The molecular formula is C21H31NO3S. The van der Waals surface area contributed by atoms with Crippen LogP contribution < -0.4 is 4.74 Å². The van der Waals surface area contributed by atoms with Crippen molar-refractivity contribution in [1.29, 1.82) is 0 Å². The predicted molar refractivity (Wildman–Crippen MR) is 104 cm³/mol. The minimum absolute atomic E-state index is 0.137. The highest BCUT2D eigenvalue weighted by Crippen LogP contribution is 2.56. The lowest BCUT2D eigenvalue weighted by atomic mass is 9.53. The smallest absolute Gasteiger partial charge is 0.211 e. The lowest BCUT2D eigenvalue weighted by molar-refractivity contribution is 0.0317. The average molecular weight is 378 g/mol. The van der Waals surface area contributed by atoms with Crippen molar-refractivity contribution in [1.82, 2.24) is 4.31 Å². The SMILES string of the molecule is CCCCOc1ccc2c(c1)C13CCCCC1C(C2)N(S(C)(=O)=O)CC3. The van der Waals surface area contributed by atoms with Gasteiger partial charge in [0, 0.05) is 18.0 Å². The maximum atomic E-state index is 12.4. The van der Waals surface area contributed by atoms with Crippen LogP contribution in [0.15, 0.2) is 18.2 Å². The van der Waals surface area contributed by atoms with Crippen LogP contribution in [0.1, 0.15) is 63.0 Å². The number of nitrogens with zero attached hydrogens (tertiary/aromatic N) is 1. The number of hydrogen-bond donors (Lipinski definition) is 0. The summed E-state index contributed by atoms with van der Waals surface area (Å²) in [6.45, 7) is 3.62. The Labute approximate surface area is 158 Å². The lowest BCUT2D eigenvalue weighted by Gasteiger charge is -2.58. The van der Waals surface area contributed by atoms with Crippen molar-refractivity contribution in [2.45, 2.75) is 69.7 Å². The predicted octanol–water partition coefficient (Wildman–Crippen LogP) is 3.88. The second-order valence-corrected chi connectivity index (χ2v) is 10.4. The minimum Gasteiger partial charge on any atom is -0.494 e. The maximum Gasteiger partial charge on any atom is 0.211 e. The zero-order valence-corrected chi connectivity index (χ0v) is 16.9. The van der Waals surface area contributed by atoms with Gasteiger partial charge < -0.3 is 4.74 Å². The van der Waals surface area contributed by atoms with Gasteiger partial charge in [0.15, 0.2) is 0 Å². The fraction of sp³-hybridized carbons (Fsp3) is 0.714. The third-order valence-corrected chi connectivity index (χ3v) is 8.26. The first kappa shape index (κ1) is 18.3. The molecule has 0 amide bonds. The largest absolute Gasteiger partial charge is 0.494 e. The number of piperidine rings is 1. The molecule has 2 aliphatic carbocycles. The van der Waals surface area contributed by atoms with Crippen molar-refractivity contribution in [3.63, 3.8) is 0 Å². The van der Waals surface area contributed by atoms with E-state index in [0.29, 0.717) is 12.5 Å². The molecular weight excluding hydrogens is 346 g/mol. The third-order valence-electron chi connectivity index (χ3n) is 6.95. The fourth-order valence-corrected chi connectivity index (χ4v) is 6.92. The zero-order valence-electron chi connectivity index (χ0n) is 16.0. The molecule has 1 aromatic rings. The number of ether oxygens (including phenoxy) is 1. The summed E-state index contributed by atoms with van der Waals surface area (Å²) in [6.07, 6.45) is 10.2. The van der Waals surface area contributed by atoms with Crippen molar-refractivity contribution < 1.29 is 13.2 Å². The fourth-order valence-electron chi connectivity index (χ4n) is 5.79. The van der Waals surface area contributed by atoms with E-state index in [2.05, 4.69) is 25.1 Å². The van der Waals surface area contributed by atoms with Crippen LogP contribution >= 0.6 is 0 Å². The molecule has 0 radical (unpaired) electrons. The van der Waals surface area contributed by atoms with Crippen LogP contribution in [0.2, 0.25) is 0 Å². The summed E-state index contributed by atoms with van der Waals surface area (Å²) in [7, 11) is -3.15. The summed E-state index contributed by atoms with van der Waals surface area (Å²) in [5.74, 6) is 1.44. The Hall–Kier alpha value is -1.07. The lowest BCUT2D eigenvalue weighted by Crippen LogP contribution is -2.61. The van der Waals surface area contributed by atoms with Crippen molar-refractivity contribution in [2.75, 3.05) is 19.4 Å². The van der Waals surface area contributed by atoms with Gasteiger partial charge in [-0.2, -0.15) is 4.31 Å². The Morgan fingerprint density at radius 3 is 2.88 bits per heavy atom. The van der Waals surface area contributed by atoms with Gasteiger partial charge in [-0.05, 0) is 61.3 Å². The van der Waals surface area contributed by atoms with Crippen molar-refractivity contribution in [3.05, 3.63) is 29.3 Å². The van der Waals surface area contributed by atoms with Crippen LogP contribution in [-0.2, 0) is 21.9 Å². The topological polar surface area (TPSA) is 46.6 Å². The number of rotatable bonds is 5. The standard InChI is InChI=1S/C21H31NO3S/c1-3-4-13-25-17-9-8-16-14-20-18-7-5-6-10-21(18,19(16)15-17)11-12-22(20)26(2,23)24/h8-9,15,18,20H,3-7,10-14H2,1-2H3. The van der Waals surface area contributed by atoms with E-state index in [4.69, 9.17) is 4.74 Å². The van der Waals surface area contributed by atoms with Crippen molar-refractivity contribution in [2.24, 2.45) is 5.92 Å². The monoisotopic (exact) mass is 377 g/mol. The van der Waals surface area contributed by atoms with Gasteiger partial charge in [-0.1, -0.05) is 32.3 Å². The molecule has 1 saturated heterocycles. The molecule has 0 spiro atoms. The molecule has 144 valence electrons. The highest BCUT2D eigenvalue weighted by atomic mass is 32.2. The van der Waals surface area contributed by atoms with E-state index in [1.165, 1.54) is 36.6 Å². The number of unbranched alkanes of at least 4 members (excludes halogenated alkanes) is 1. The quantitative estimate of drug-likeness (QED) is 0.732. The minimum atomic E-state index is -3.15. The number of benzene rings is 1. The van der Waals surface area contributed by atoms with Gasteiger partial charge in [0.25, 0.3) is 0 Å². The van der Waals surface area contributed by atoms with Crippen LogP contribution in [-0.4, -0.2) is 38.2 Å². The van der Waals surface area contributed by atoms with Crippen LogP contribution in [0.4, 0.5) is 0 Å². The van der Waals surface area contributed by atoms with E-state index >= 15 is 0 Å². The van der Waals surface area contributed by atoms with E-state index in [9.17, 15) is 8.42 Å². The van der Waals surface area contributed by atoms with Crippen molar-refractivity contribution >= 4 is 10.0 Å². The number of fused-ring (bicyclic) bond motifs is 1. The molecule has 0 aromatic heterocycles. The summed E-state index contributed by atoms with van der Waals surface area (Å²) < 4.78 is 32.6. The van der Waals surface area contributed by atoms with Crippen LogP contribution in [0, 0.1) is 5.92 Å². The van der Waals surface area contributed by atoms with E-state index in [1.807, 2.05) is 0 Å². The maximum absolute atomic E-state index is 12.4. The first-order valence-electron chi connectivity index (χ1n) is 10.2. The average Bonchev–Trinajstić information content (AvgIpc) is 2.61. The van der Waals surface area contributed by atoms with Gasteiger partial charge >= 0.3 is 0 Å². The second kappa shape index (κ2) is 6.83. The summed E-state index contributed by atoms with van der Waals surface area (Å²) in [6, 6.07) is 6.70. The van der Waals surface area contributed by atoms with Crippen LogP contribution in [0.5, 0.6) is 5.75 Å². The van der Waals surface area contributed by atoms with Crippen molar-refractivity contribution in [3.8, 4) is 5.75 Å². The molecule has 2 bridgehead atoms. The van der Waals surface area contributed by atoms with E-state index in [-0.39, 0.29) is 11.5 Å². The van der Waals surface area contributed by atoms with E-state index in [1.54, 1.807) is 4.31 Å². The third kappa shape index (κ3) is 2.97. The molecule has 3 atom stereocenters. The summed E-state index contributed by atoms with van der Waals surface area (Å²) >= 11 is 0. The molecule has 3 aliphatic rings. The molecule has 4 rings (SSSR count). The van der Waals surface area contributed by atoms with Gasteiger partial charge in [0.2, 0.25) is 10.0 Å². The Balaban J connectivity index is 1.73. The highest BCUT2D eigenvalue weighted by Gasteiger charge is 2.55. The Morgan fingerprint density at radius 1 is 1.27 bits per heavy atom. The van der Waals surface area contributed by atoms with E-state index in [0.717, 1.165) is 44.5 Å². The van der Waals surface area contributed by atoms with Gasteiger partial charge in [-0.15, -0.1) is 0 Å². The normalized spacial score (nSPS) is 31.2. The zero-order chi connectivity index (χ0) is 18.4. The first-order valence-corrected chi connectivity index (χ1v) is 12.0. The van der Waals surface area contributed by atoms with E-state index < -0.39 is 10.0 Å². The molecule has 5 heteroatoms. The molecule has 1 aliphatic heterocycles. The Kier molecular flexibility index (Phi) is 4.81. The molecule has 1 heterocycles. The first-order chi connectivity index (χ1) is 12.5. The highest BCUT2D eigenvalue weighted by molar-refractivity contribution is 7.88. The van der Waals surface area contributed by atoms with Gasteiger partial charge in [0.05, 0.1) is 12.9 Å². The Morgan fingerprint density at radius 2 is 2.12 bits per heavy atom. The van der Waals surface area contributed by atoms with Gasteiger partial charge in [0.1, 0.15) is 5.75 Å². The van der Waals surface area contributed by atoms with Gasteiger partial charge in [-0.25, -0.2) is 8.42 Å². The molecule has 1 aromatic carbocycles. The molecule has 1 saturated carbocycles. The second-order valence-electron chi connectivity index (χ2n) is 8.42. The molecule has 3 unspecified atom stereocenters. The molecule has 26 heavy (non-hydrogen) atoms. The van der Waals surface area contributed by atoms with Gasteiger partial charge in [-0.3, -0.25) is 0 Å². The van der Waals surface area contributed by atoms with Crippen LogP contribution in [0.3, 0.4) is 0 Å². The number of hydrogen-bond acceptors (Lipinski definition) is 3. The summed E-state index contributed by atoms with van der Waals surface area (Å²) in [5.41, 5.74) is 2.95.